The van der Waals surface area contributed by atoms with E-state index in [4.69, 9.17) is 13.9 Å². The standard InChI is InChI=1S/C29H26O10/c1-14(2)13-38-17-7-4-15(5-8-17)18(11-23(34)37-3)24-21(32)12-22(33)25-26(35)27(36)28(39-29(24)25)16-6-9-19(30)20(31)10-16/h4-10,12,18,30-33,36H,1,11,13H2,2-3H3. The van der Waals surface area contributed by atoms with Gasteiger partial charge in [0.15, 0.2) is 17.3 Å². The molecule has 5 N–H and O–H groups in total. The lowest BCUT2D eigenvalue weighted by Crippen LogP contribution is -2.12. The summed E-state index contributed by atoms with van der Waals surface area (Å²) < 4.78 is 16.4. The van der Waals surface area contributed by atoms with E-state index in [-0.39, 0.29) is 23.1 Å². The van der Waals surface area contributed by atoms with Crippen LogP contribution in [0.3, 0.4) is 0 Å². The van der Waals surface area contributed by atoms with E-state index < -0.39 is 57.2 Å². The molecule has 1 unspecified atom stereocenters. The van der Waals surface area contributed by atoms with Crippen LogP contribution in [0.25, 0.3) is 22.3 Å². The van der Waals surface area contributed by atoms with Gasteiger partial charge in [0.1, 0.15) is 34.8 Å². The van der Waals surface area contributed by atoms with Gasteiger partial charge in [-0.25, -0.2) is 0 Å². The Labute approximate surface area is 222 Å². The summed E-state index contributed by atoms with van der Waals surface area (Å²) in [7, 11) is 1.20. The summed E-state index contributed by atoms with van der Waals surface area (Å²) in [5.41, 5.74) is 0.0284. The van der Waals surface area contributed by atoms with Gasteiger partial charge < -0.3 is 39.4 Å². The number of fused-ring (bicyclic) bond motifs is 1. The molecular weight excluding hydrogens is 508 g/mol. The summed E-state index contributed by atoms with van der Waals surface area (Å²) in [5.74, 6) is -4.41. The van der Waals surface area contributed by atoms with Crippen molar-refractivity contribution in [3.8, 4) is 45.8 Å². The highest BCUT2D eigenvalue weighted by Gasteiger charge is 2.30. The van der Waals surface area contributed by atoms with Crippen LogP contribution in [-0.4, -0.2) is 45.2 Å². The molecule has 202 valence electrons. The first-order valence-corrected chi connectivity index (χ1v) is 11.7. The molecule has 39 heavy (non-hydrogen) atoms. The fraction of sp³-hybridized carbons (Fsp3) is 0.172. The van der Waals surface area contributed by atoms with E-state index in [1.807, 2.05) is 6.92 Å². The molecule has 10 nitrogen and oxygen atoms in total. The van der Waals surface area contributed by atoms with E-state index in [1.54, 1.807) is 24.3 Å². The van der Waals surface area contributed by atoms with Crippen molar-refractivity contribution in [3.05, 3.63) is 82.0 Å². The Morgan fingerprint density at radius 2 is 1.64 bits per heavy atom. The lowest BCUT2D eigenvalue weighted by Gasteiger charge is -2.21. The zero-order valence-corrected chi connectivity index (χ0v) is 21.1. The van der Waals surface area contributed by atoms with Crippen LogP contribution in [0.4, 0.5) is 0 Å². The van der Waals surface area contributed by atoms with Crippen molar-refractivity contribution in [3.63, 3.8) is 0 Å². The normalized spacial score (nSPS) is 11.7. The van der Waals surface area contributed by atoms with E-state index in [1.165, 1.54) is 13.2 Å². The molecule has 0 spiro atoms. The molecule has 4 aromatic rings. The van der Waals surface area contributed by atoms with Gasteiger partial charge in [-0.15, -0.1) is 0 Å². The highest BCUT2D eigenvalue weighted by atomic mass is 16.5. The monoisotopic (exact) mass is 534 g/mol. The molecule has 0 aliphatic heterocycles. The minimum Gasteiger partial charge on any atom is -0.507 e. The van der Waals surface area contributed by atoms with Gasteiger partial charge in [0.05, 0.1) is 13.5 Å². The zero-order chi connectivity index (χ0) is 28.4. The number of methoxy groups -OCH3 is 1. The second-order valence-electron chi connectivity index (χ2n) is 8.99. The number of ether oxygens (including phenoxy) is 2. The minimum atomic E-state index is -1.02. The van der Waals surface area contributed by atoms with Crippen LogP contribution in [-0.2, 0) is 9.53 Å². The van der Waals surface area contributed by atoms with E-state index in [9.17, 15) is 35.1 Å². The van der Waals surface area contributed by atoms with E-state index >= 15 is 0 Å². The van der Waals surface area contributed by atoms with Gasteiger partial charge in [-0.05, 0) is 48.4 Å². The van der Waals surface area contributed by atoms with Crippen LogP contribution in [0.15, 0.2) is 69.9 Å². The molecule has 10 heteroatoms. The van der Waals surface area contributed by atoms with Crippen molar-refractivity contribution in [1.82, 2.24) is 0 Å². The first-order valence-electron chi connectivity index (χ1n) is 11.7. The summed E-state index contributed by atoms with van der Waals surface area (Å²) in [4.78, 5) is 25.6. The third kappa shape index (κ3) is 5.30. The third-order valence-corrected chi connectivity index (χ3v) is 6.09. The smallest absolute Gasteiger partial charge is 0.306 e. The van der Waals surface area contributed by atoms with Crippen LogP contribution in [0.1, 0.15) is 30.4 Å². The van der Waals surface area contributed by atoms with Gasteiger partial charge in [0, 0.05) is 23.1 Å². The Morgan fingerprint density at radius 3 is 2.26 bits per heavy atom. The van der Waals surface area contributed by atoms with Crippen LogP contribution in [0.5, 0.6) is 34.5 Å². The summed E-state index contributed by atoms with van der Waals surface area (Å²) >= 11 is 0. The molecule has 0 saturated heterocycles. The average Bonchev–Trinajstić information content (AvgIpc) is 2.90. The average molecular weight is 535 g/mol. The lowest BCUT2D eigenvalue weighted by molar-refractivity contribution is -0.140. The first kappa shape index (κ1) is 26.9. The van der Waals surface area contributed by atoms with E-state index in [2.05, 4.69) is 6.58 Å². The summed E-state index contributed by atoms with van der Waals surface area (Å²) in [6, 6.07) is 11.1. The second-order valence-corrected chi connectivity index (χ2v) is 8.99. The predicted octanol–water partition coefficient (Wildman–Crippen LogP) is 4.64. The molecule has 0 aliphatic rings. The van der Waals surface area contributed by atoms with Crippen LogP contribution < -0.4 is 10.2 Å². The van der Waals surface area contributed by atoms with Crippen LogP contribution in [0, 0.1) is 0 Å². The van der Waals surface area contributed by atoms with Gasteiger partial charge in [0.25, 0.3) is 0 Å². The van der Waals surface area contributed by atoms with Crippen molar-refractivity contribution in [1.29, 1.82) is 0 Å². The predicted molar refractivity (Wildman–Crippen MR) is 141 cm³/mol. The summed E-state index contributed by atoms with van der Waals surface area (Å²) in [5, 5.41) is 51.3. The number of rotatable bonds is 8. The molecule has 3 aromatic carbocycles. The molecule has 0 amide bonds. The topological polar surface area (TPSA) is 167 Å². The zero-order valence-electron chi connectivity index (χ0n) is 21.1. The van der Waals surface area contributed by atoms with E-state index in [0.29, 0.717) is 17.9 Å². The van der Waals surface area contributed by atoms with Crippen molar-refractivity contribution in [2.24, 2.45) is 0 Å². The number of benzene rings is 3. The van der Waals surface area contributed by atoms with Gasteiger partial charge >= 0.3 is 5.97 Å². The maximum Gasteiger partial charge on any atom is 0.306 e. The number of aromatic hydroxyl groups is 5. The van der Waals surface area contributed by atoms with Gasteiger partial charge in [-0.1, -0.05) is 18.7 Å². The quantitative estimate of drug-likeness (QED) is 0.122. The molecule has 0 aliphatic carbocycles. The molecule has 0 bridgehead atoms. The maximum absolute atomic E-state index is 13.2. The number of phenolic OH excluding ortho intramolecular Hbond substituents is 4. The van der Waals surface area contributed by atoms with E-state index in [0.717, 1.165) is 23.8 Å². The third-order valence-electron chi connectivity index (χ3n) is 6.09. The second kappa shape index (κ2) is 10.7. The Hall–Kier alpha value is -5.12. The summed E-state index contributed by atoms with van der Waals surface area (Å²) in [6.07, 6.45) is -0.282. The highest BCUT2D eigenvalue weighted by molar-refractivity contribution is 5.92. The molecule has 1 aromatic heterocycles. The maximum atomic E-state index is 13.2. The number of carbonyl (C=O) groups excluding carboxylic acids is 1. The number of esters is 1. The SMILES string of the molecule is C=C(C)COc1ccc(C(CC(=O)OC)c2c(O)cc(O)c3c(=O)c(O)c(-c4ccc(O)c(O)c4)oc23)cc1. The first-order chi connectivity index (χ1) is 18.5. The van der Waals surface area contributed by atoms with Crippen molar-refractivity contribution < 1.29 is 44.2 Å². The number of hydrogen-bond acceptors (Lipinski definition) is 10. The Morgan fingerprint density at radius 1 is 0.949 bits per heavy atom. The minimum absolute atomic E-state index is 0.0230. The number of phenols is 4. The van der Waals surface area contributed by atoms with Crippen LogP contribution >= 0.6 is 0 Å². The van der Waals surface area contributed by atoms with Gasteiger partial charge in [-0.3, -0.25) is 9.59 Å². The number of carbonyl (C=O) groups is 1. The van der Waals surface area contributed by atoms with Crippen molar-refractivity contribution >= 4 is 16.9 Å². The fourth-order valence-corrected chi connectivity index (χ4v) is 4.18. The molecule has 0 radical (unpaired) electrons. The van der Waals surface area contributed by atoms with Gasteiger partial charge in [0.2, 0.25) is 11.2 Å². The summed E-state index contributed by atoms with van der Waals surface area (Å²) in [6.45, 7) is 5.91. The fourth-order valence-electron chi connectivity index (χ4n) is 4.18. The van der Waals surface area contributed by atoms with Crippen LogP contribution in [0.2, 0.25) is 0 Å². The Balaban J connectivity index is 1.97. The molecule has 1 heterocycles. The Bertz CT molecular complexity index is 1630. The molecular formula is C29H26O10. The van der Waals surface area contributed by atoms with Crippen molar-refractivity contribution in [2.45, 2.75) is 19.3 Å². The molecule has 1 atom stereocenters. The lowest BCUT2D eigenvalue weighted by atomic mass is 9.86. The van der Waals surface area contributed by atoms with Gasteiger partial charge in [-0.2, -0.15) is 0 Å². The molecule has 4 rings (SSSR count). The van der Waals surface area contributed by atoms with Crippen molar-refractivity contribution in [2.75, 3.05) is 13.7 Å². The highest BCUT2D eigenvalue weighted by Crippen LogP contribution is 2.45. The Kier molecular flexibility index (Phi) is 7.39. The molecule has 0 saturated carbocycles. The number of hydrogen-bond donors (Lipinski definition) is 5. The molecule has 0 fully saturated rings. The largest absolute Gasteiger partial charge is 0.507 e.